The largest absolute Gasteiger partial charge is 0.454 e. The first-order chi connectivity index (χ1) is 20.6. The molecular formula is C30H38N6O6. The molecule has 0 radical (unpaired) electrons. The van der Waals surface area contributed by atoms with E-state index in [9.17, 15) is 14.4 Å². The van der Waals surface area contributed by atoms with Gasteiger partial charge in [0.2, 0.25) is 6.79 Å². The number of benzene rings is 2. The zero-order chi connectivity index (χ0) is 28.9. The Bertz CT molecular complexity index is 1310. The molecule has 0 atom stereocenters. The quantitative estimate of drug-likeness (QED) is 0.567. The lowest BCUT2D eigenvalue weighted by molar-refractivity contribution is 0.0438. The second-order valence-corrected chi connectivity index (χ2v) is 10.9. The van der Waals surface area contributed by atoms with Crippen molar-refractivity contribution >= 4 is 29.2 Å². The Morgan fingerprint density at radius 2 is 1.50 bits per heavy atom. The molecule has 0 unspecified atom stereocenters. The molecule has 0 bridgehead atoms. The van der Waals surface area contributed by atoms with Gasteiger partial charge in [0.25, 0.3) is 11.8 Å². The summed E-state index contributed by atoms with van der Waals surface area (Å²) in [5, 5.41) is 6.40. The van der Waals surface area contributed by atoms with E-state index in [1.165, 1.54) is 0 Å². The lowest BCUT2D eigenvalue weighted by Crippen LogP contribution is -2.49. The number of amides is 4. The molecule has 224 valence electrons. The summed E-state index contributed by atoms with van der Waals surface area (Å²) in [4.78, 5) is 47.9. The summed E-state index contributed by atoms with van der Waals surface area (Å²) in [7, 11) is 0. The van der Waals surface area contributed by atoms with E-state index < -0.39 is 0 Å². The van der Waals surface area contributed by atoms with E-state index in [1.807, 2.05) is 26.8 Å². The SMILES string of the molecule is O=C(Nc1cc(C(=O)N2CCCNCC2)ccc1N1CCCN(C(=O)N2CCOCC2)CC1)c1ccc2c(c1)OCO2. The number of morpholine rings is 1. The average molecular weight is 579 g/mol. The van der Waals surface area contributed by atoms with Gasteiger partial charge >= 0.3 is 6.03 Å². The van der Waals surface area contributed by atoms with E-state index in [4.69, 9.17) is 14.2 Å². The molecule has 3 saturated heterocycles. The van der Waals surface area contributed by atoms with Crippen molar-refractivity contribution in [2.75, 3.05) is 95.7 Å². The lowest BCUT2D eigenvalue weighted by atomic mass is 10.1. The highest BCUT2D eigenvalue weighted by molar-refractivity contribution is 6.07. The minimum absolute atomic E-state index is 0.0457. The fraction of sp³-hybridized carbons (Fsp3) is 0.500. The summed E-state index contributed by atoms with van der Waals surface area (Å²) in [5.74, 6) is 0.769. The maximum absolute atomic E-state index is 13.5. The molecule has 0 saturated carbocycles. The molecule has 6 rings (SSSR count). The number of rotatable bonds is 4. The molecule has 4 aliphatic rings. The summed E-state index contributed by atoms with van der Waals surface area (Å²) in [6.45, 7) is 7.98. The molecule has 4 aliphatic heterocycles. The molecule has 0 aliphatic carbocycles. The molecule has 4 amide bonds. The first-order valence-corrected chi connectivity index (χ1v) is 14.8. The van der Waals surface area contributed by atoms with E-state index in [1.54, 1.807) is 24.3 Å². The number of nitrogens with zero attached hydrogens (tertiary/aromatic N) is 4. The Labute approximate surface area is 245 Å². The molecule has 42 heavy (non-hydrogen) atoms. The Kier molecular flexibility index (Phi) is 8.61. The molecule has 12 nitrogen and oxygen atoms in total. The third-order valence-corrected chi connectivity index (χ3v) is 8.14. The first kappa shape index (κ1) is 28.1. The molecule has 0 spiro atoms. The predicted octanol–water partition coefficient (Wildman–Crippen LogP) is 2.07. The zero-order valence-electron chi connectivity index (χ0n) is 23.8. The minimum Gasteiger partial charge on any atom is -0.454 e. The summed E-state index contributed by atoms with van der Waals surface area (Å²) >= 11 is 0. The van der Waals surface area contributed by atoms with E-state index in [0.29, 0.717) is 93.9 Å². The van der Waals surface area contributed by atoms with Crippen LogP contribution in [-0.4, -0.2) is 118 Å². The van der Waals surface area contributed by atoms with Gasteiger partial charge in [0.05, 0.1) is 24.6 Å². The zero-order valence-corrected chi connectivity index (χ0v) is 23.8. The van der Waals surface area contributed by atoms with Crippen molar-refractivity contribution in [3.05, 3.63) is 47.5 Å². The number of hydrogen-bond acceptors (Lipinski definition) is 8. The highest BCUT2D eigenvalue weighted by atomic mass is 16.7. The van der Waals surface area contributed by atoms with Crippen molar-refractivity contribution in [3.8, 4) is 11.5 Å². The van der Waals surface area contributed by atoms with Crippen molar-refractivity contribution in [2.24, 2.45) is 0 Å². The summed E-state index contributed by atoms with van der Waals surface area (Å²) in [5.41, 5.74) is 2.34. The van der Waals surface area contributed by atoms with Crippen LogP contribution in [0.1, 0.15) is 33.6 Å². The standard InChI is InChI=1S/C30H38N6O6/c37-28(22-4-6-26-27(20-22)42-21-41-26)32-24-19-23(29(38)34-9-1-7-31-8-12-34)3-5-25(24)33-10-2-11-35(14-13-33)30(39)36-15-17-40-18-16-36/h3-6,19-20,31H,1-2,7-18,21H2,(H,32,37). The summed E-state index contributed by atoms with van der Waals surface area (Å²) < 4.78 is 16.3. The summed E-state index contributed by atoms with van der Waals surface area (Å²) in [6.07, 6.45) is 1.68. The third kappa shape index (κ3) is 6.24. The monoisotopic (exact) mass is 578 g/mol. The predicted molar refractivity (Wildman–Crippen MR) is 157 cm³/mol. The Morgan fingerprint density at radius 3 is 2.38 bits per heavy atom. The number of anilines is 2. The second-order valence-electron chi connectivity index (χ2n) is 10.9. The van der Waals surface area contributed by atoms with Crippen LogP contribution in [0.15, 0.2) is 36.4 Å². The van der Waals surface area contributed by atoms with Gasteiger partial charge in [0, 0.05) is 70.0 Å². The minimum atomic E-state index is -0.308. The first-order valence-electron chi connectivity index (χ1n) is 14.8. The van der Waals surface area contributed by atoms with E-state index in [2.05, 4.69) is 15.5 Å². The second kappa shape index (κ2) is 12.9. The van der Waals surface area contributed by atoms with Crippen molar-refractivity contribution in [2.45, 2.75) is 12.8 Å². The smallest absolute Gasteiger partial charge is 0.320 e. The highest BCUT2D eigenvalue weighted by Gasteiger charge is 2.27. The van der Waals surface area contributed by atoms with Gasteiger partial charge in [-0.2, -0.15) is 0 Å². The van der Waals surface area contributed by atoms with Gasteiger partial charge in [-0.05, 0) is 55.8 Å². The van der Waals surface area contributed by atoms with Gasteiger partial charge < -0.3 is 44.4 Å². The fourth-order valence-corrected chi connectivity index (χ4v) is 5.81. The van der Waals surface area contributed by atoms with Crippen molar-refractivity contribution in [3.63, 3.8) is 0 Å². The molecule has 2 N–H and O–H groups in total. The third-order valence-electron chi connectivity index (χ3n) is 8.14. The maximum atomic E-state index is 13.5. The Hall–Kier alpha value is -4.03. The highest BCUT2D eigenvalue weighted by Crippen LogP contribution is 2.34. The van der Waals surface area contributed by atoms with E-state index in [-0.39, 0.29) is 24.6 Å². The molecule has 12 heteroatoms. The van der Waals surface area contributed by atoms with Crippen LogP contribution in [0, 0.1) is 0 Å². The summed E-state index contributed by atoms with van der Waals surface area (Å²) in [6, 6.07) is 10.7. The van der Waals surface area contributed by atoms with Gasteiger partial charge in [0.15, 0.2) is 11.5 Å². The van der Waals surface area contributed by atoms with Gasteiger partial charge in [-0.15, -0.1) is 0 Å². The van der Waals surface area contributed by atoms with Crippen LogP contribution >= 0.6 is 0 Å². The van der Waals surface area contributed by atoms with E-state index >= 15 is 0 Å². The van der Waals surface area contributed by atoms with Gasteiger partial charge in [-0.3, -0.25) is 9.59 Å². The van der Waals surface area contributed by atoms with Crippen LogP contribution in [0.25, 0.3) is 0 Å². The van der Waals surface area contributed by atoms with E-state index in [0.717, 1.165) is 31.6 Å². The van der Waals surface area contributed by atoms with Gasteiger partial charge in [0.1, 0.15) is 0 Å². The van der Waals surface area contributed by atoms with Crippen LogP contribution in [0.4, 0.5) is 16.2 Å². The lowest BCUT2D eigenvalue weighted by Gasteiger charge is -2.32. The van der Waals surface area contributed by atoms with Gasteiger partial charge in [-0.25, -0.2) is 4.79 Å². The topological polar surface area (TPSA) is 116 Å². The molecule has 2 aromatic carbocycles. The number of fused-ring (bicyclic) bond motifs is 1. The van der Waals surface area contributed by atoms with Gasteiger partial charge in [-0.1, -0.05) is 0 Å². The number of carbonyl (C=O) groups excluding carboxylic acids is 3. The molecular weight excluding hydrogens is 540 g/mol. The molecule has 2 aromatic rings. The number of urea groups is 1. The van der Waals surface area contributed by atoms with Crippen LogP contribution in [-0.2, 0) is 4.74 Å². The van der Waals surface area contributed by atoms with Crippen LogP contribution in [0.5, 0.6) is 11.5 Å². The average Bonchev–Trinajstić information content (AvgIpc) is 3.18. The molecule has 0 aromatic heterocycles. The van der Waals surface area contributed by atoms with Crippen LogP contribution in [0.2, 0.25) is 0 Å². The normalized spacial score (nSPS) is 19.2. The number of nitrogens with one attached hydrogen (secondary N) is 2. The molecule has 3 fully saturated rings. The number of hydrogen-bond donors (Lipinski definition) is 2. The van der Waals surface area contributed by atoms with Crippen molar-refractivity contribution in [1.82, 2.24) is 20.0 Å². The number of ether oxygens (including phenoxy) is 3. The maximum Gasteiger partial charge on any atom is 0.320 e. The Morgan fingerprint density at radius 1 is 0.714 bits per heavy atom. The number of carbonyl (C=O) groups is 3. The van der Waals surface area contributed by atoms with Crippen molar-refractivity contribution in [1.29, 1.82) is 0 Å². The van der Waals surface area contributed by atoms with Crippen molar-refractivity contribution < 1.29 is 28.6 Å². The molecule has 4 heterocycles. The van der Waals surface area contributed by atoms with Crippen LogP contribution in [0.3, 0.4) is 0 Å². The fourth-order valence-electron chi connectivity index (χ4n) is 5.81. The Balaban J connectivity index is 1.24. The van der Waals surface area contributed by atoms with Crippen LogP contribution < -0.4 is 25.0 Å².